The van der Waals surface area contributed by atoms with Crippen molar-refractivity contribution in [2.45, 2.75) is 51.6 Å². The van der Waals surface area contributed by atoms with Gasteiger partial charge in [0.05, 0.1) is 5.60 Å². The summed E-state index contributed by atoms with van der Waals surface area (Å²) in [7, 11) is 0. The lowest BCUT2D eigenvalue weighted by molar-refractivity contribution is -0.128. The van der Waals surface area contributed by atoms with Crippen molar-refractivity contribution in [3.8, 4) is 0 Å². The summed E-state index contributed by atoms with van der Waals surface area (Å²) in [5.74, 6) is 0.338. The van der Waals surface area contributed by atoms with Crippen molar-refractivity contribution in [2.24, 2.45) is 5.92 Å². The molecule has 82 valence electrons. The Hall–Kier alpha value is -0.570. The monoisotopic (exact) mass is 199 g/mol. The topological polar surface area (TPSA) is 49.3 Å². The highest BCUT2D eigenvalue weighted by atomic mass is 16.3. The molecule has 0 aromatic carbocycles. The molecule has 2 N–H and O–H groups in total. The Bertz CT molecular complexity index is 195. The molecule has 0 spiro atoms. The average Bonchev–Trinajstić information content (AvgIpc) is 2.11. The van der Waals surface area contributed by atoms with Crippen LogP contribution in [0.1, 0.15) is 46.0 Å². The minimum absolute atomic E-state index is 0.122. The third-order valence-corrected chi connectivity index (χ3v) is 3.38. The summed E-state index contributed by atoms with van der Waals surface area (Å²) in [6.45, 7) is 4.29. The lowest BCUT2D eigenvalue weighted by Gasteiger charge is -2.29. The molecule has 0 saturated heterocycles. The zero-order chi connectivity index (χ0) is 10.6. The molecule has 1 aliphatic rings. The van der Waals surface area contributed by atoms with Gasteiger partial charge in [0.15, 0.2) is 0 Å². The normalized spacial score (nSPS) is 17.6. The molecule has 0 aliphatic heterocycles. The predicted molar refractivity (Wildman–Crippen MR) is 55.9 cm³/mol. The smallest absolute Gasteiger partial charge is 0.223 e. The second-order valence-corrected chi connectivity index (χ2v) is 4.28. The number of aliphatic hydroxyl groups is 1. The van der Waals surface area contributed by atoms with E-state index in [2.05, 4.69) is 5.32 Å². The first-order chi connectivity index (χ1) is 6.61. The largest absolute Gasteiger partial charge is 0.388 e. The molecule has 14 heavy (non-hydrogen) atoms. The lowest BCUT2D eigenvalue weighted by atomic mass is 9.84. The van der Waals surface area contributed by atoms with Crippen molar-refractivity contribution in [3.63, 3.8) is 0 Å². The maximum absolute atomic E-state index is 11.5. The van der Waals surface area contributed by atoms with E-state index in [1.807, 2.05) is 13.8 Å². The van der Waals surface area contributed by atoms with Crippen LogP contribution in [0.4, 0.5) is 0 Å². The highest BCUT2D eigenvalue weighted by Crippen LogP contribution is 2.26. The van der Waals surface area contributed by atoms with E-state index in [-0.39, 0.29) is 11.8 Å². The zero-order valence-corrected chi connectivity index (χ0v) is 9.18. The van der Waals surface area contributed by atoms with E-state index >= 15 is 0 Å². The number of nitrogens with one attached hydrogen (secondary N) is 1. The van der Waals surface area contributed by atoms with Gasteiger partial charge in [-0.3, -0.25) is 4.79 Å². The quantitative estimate of drug-likeness (QED) is 0.704. The van der Waals surface area contributed by atoms with Crippen molar-refractivity contribution in [1.29, 1.82) is 0 Å². The number of carbonyl (C=O) groups is 1. The van der Waals surface area contributed by atoms with E-state index in [9.17, 15) is 9.90 Å². The Balaban J connectivity index is 2.27. The Morgan fingerprint density at radius 2 is 2.00 bits per heavy atom. The van der Waals surface area contributed by atoms with Crippen molar-refractivity contribution < 1.29 is 9.90 Å². The number of rotatable bonds is 5. The third-order valence-electron chi connectivity index (χ3n) is 3.38. The van der Waals surface area contributed by atoms with Crippen molar-refractivity contribution in [2.75, 3.05) is 6.54 Å². The molecule has 0 aromatic heterocycles. The first kappa shape index (κ1) is 11.5. The molecule has 1 rings (SSSR count). The Labute approximate surface area is 85.9 Å². The summed E-state index contributed by atoms with van der Waals surface area (Å²) in [5, 5.41) is 12.8. The van der Waals surface area contributed by atoms with Crippen LogP contribution in [0.5, 0.6) is 0 Å². The van der Waals surface area contributed by atoms with Gasteiger partial charge in [-0.2, -0.15) is 0 Å². The lowest BCUT2D eigenvalue weighted by Crippen LogP contribution is -2.45. The van der Waals surface area contributed by atoms with Crippen LogP contribution in [-0.4, -0.2) is 23.2 Å². The van der Waals surface area contributed by atoms with Crippen LogP contribution in [-0.2, 0) is 4.79 Å². The fourth-order valence-electron chi connectivity index (χ4n) is 1.57. The van der Waals surface area contributed by atoms with Crippen LogP contribution in [0, 0.1) is 5.92 Å². The maximum Gasteiger partial charge on any atom is 0.223 e. The van der Waals surface area contributed by atoms with Gasteiger partial charge in [-0.05, 0) is 25.7 Å². The first-order valence-corrected chi connectivity index (χ1v) is 5.61. The molecule has 1 fully saturated rings. The fraction of sp³-hybridized carbons (Fsp3) is 0.909. The summed E-state index contributed by atoms with van der Waals surface area (Å²) in [4.78, 5) is 11.5. The molecule has 1 amide bonds. The third kappa shape index (κ3) is 2.71. The second-order valence-electron chi connectivity index (χ2n) is 4.28. The van der Waals surface area contributed by atoms with E-state index in [1.54, 1.807) is 0 Å². The van der Waals surface area contributed by atoms with Gasteiger partial charge in [-0.25, -0.2) is 0 Å². The summed E-state index contributed by atoms with van der Waals surface area (Å²) in [6, 6.07) is 0. The highest BCUT2D eigenvalue weighted by Gasteiger charge is 2.28. The van der Waals surface area contributed by atoms with E-state index in [0.29, 0.717) is 19.4 Å². The van der Waals surface area contributed by atoms with Gasteiger partial charge in [0.2, 0.25) is 5.91 Å². The Morgan fingerprint density at radius 3 is 2.36 bits per heavy atom. The van der Waals surface area contributed by atoms with Crippen LogP contribution < -0.4 is 5.32 Å². The average molecular weight is 199 g/mol. The van der Waals surface area contributed by atoms with Crippen molar-refractivity contribution >= 4 is 5.91 Å². The number of amides is 1. The van der Waals surface area contributed by atoms with Gasteiger partial charge in [0.1, 0.15) is 0 Å². The molecular formula is C11H21NO2. The molecule has 0 aromatic rings. The summed E-state index contributed by atoms with van der Waals surface area (Å²) >= 11 is 0. The van der Waals surface area contributed by atoms with Crippen LogP contribution >= 0.6 is 0 Å². The van der Waals surface area contributed by atoms with Crippen LogP contribution in [0.3, 0.4) is 0 Å². The van der Waals surface area contributed by atoms with Gasteiger partial charge < -0.3 is 10.4 Å². The first-order valence-electron chi connectivity index (χ1n) is 5.61. The van der Waals surface area contributed by atoms with E-state index < -0.39 is 5.60 Å². The predicted octanol–water partition coefficient (Wildman–Crippen LogP) is 1.45. The zero-order valence-electron chi connectivity index (χ0n) is 9.18. The Morgan fingerprint density at radius 1 is 1.43 bits per heavy atom. The molecule has 0 unspecified atom stereocenters. The van der Waals surface area contributed by atoms with Gasteiger partial charge in [-0.1, -0.05) is 20.3 Å². The maximum atomic E-state index is 11.5. The molecule has 0 bridgehead atoms. The summed E-state index contributed by atoms with van der Waals surface area (Å²) in [5.41, 5.74) is -0.709. The molecular weight excluding hydrogens is 178 g/mol. The molecule has 3 nitrogen and oxygen atoms in total. The van der Waals surface area contributed by atoms with Crippen LogP contribution in [0.15, 0.2) is 0 Å². The van der Waals surface area contributed by atoms with Gasteiger partial charge in [-0.15, -0.1) is 0 Å². The van der Waals surface area contributed by atoms with Crippen LogP contribution in [0.2, 0.25) is 0 Å². The van der Waals surface area contributed by atoms with E-state index in [1.165, 1.54) is 6.42 Å². The second kappa shape index (κ2) is 4.78. The van der Waals surface area contributed by atoms with Gasteiger partial charge in [0.25, 0.3) is 0 Å². The molecule has 1 aliphatic carbocycles. The summed E-state index contributed by atoms with van der Waals surface area (Å²) < 4.78 is 0. The SMILES string of the molecule is CCC(O)(CC)CNC(=O)C1CCC1. The molecule has 0 radical (unpaired) electrons. The Kier molecular flexibility index (Phi) is 3.93. The molecule has 3 heteroatoms. The van der Waals surface area contributed by atoms with Gasteiger partial charge in [0, 0.05) is 12.5 Å². The van der Waals surface area contributed by atoms with Gasteiger partial charge >= 0.3 is 0 Å². The fourth-order valence-corrected chi connectivity index (χ4v) is 1.57. The molecule has 0 heterocycles. The molecule has 0 atom stereocenters. The minimum Gasteiger partial charge on any atom is -0.388 e. The van der Waals surface area contributed by atoms with E-state index in [0.717, 1.165) is 12.8 Å². The van der Waals surface area contributed by atoms with E-state index in [4.69, 9.17) is 0 Å². The summed E-state index contributed by atoms with van der Waals surface area (Å²) in [6.07, 6.45) is 4.58. The number of carbonyl (C=O) groups excluding carboxylic acids is 1. The molecule has 1 saturated carbocycles. The highest BCUT2D eigenvalue weighted by molar-refractivity contribution is 5.79. The van der Waals surface area contributed by atoms with Crippen molar-refractivity contribution in [3.05, 3.63) is 0 Å². The van der Waals surface area contributed by atoms with Crippen LogP contribution in [0.25, 0.3) is 0 Å². The standard InChI is InChI=1S/C11H21NO2/c1-3-11(14,4-2)8-12-10(13)9-6-5-7-9/h9,14H,3-8H2,1-2H3,(H,12,13). The van der Waals surface area contributed by atoms with Crippen molar-refractivity contribution in [1.82, 2.24) is 5.32 Å². The number of hydrogen-bond donors (Lipinski definition) is 2. The number of hydrogen-bond acceptors (Lipinski definition) is 2. The minimum atomic E-state index is -0.709.